The lowest BCUT2D eigenvalue weighted by Gasteiger charge is -2.23. The van der Waals surface area contributed by atoms with Crippen LogP contribution in [0.15, 0.2) is 30.3 Å². The largest absolute Gasteiger partial charge is 0.430 e. The number of rotatable bonds is 4. The van der Waals surface area contributed by atoms with Crippen LogP contribution in [-0.4, -0.2) is 17.0 Å². The lowest BCUT2D eigenvalue weighted by atomic mass is 10.0. The molecule has 0 fully saturated rings. The van der Waals surface area contributed by atoms with E-state index in [2.05, 4.69) is 4.89 Å². The molecule has 16 heavy (non-hydrogen) atoms. The molecule has 0 aromatic heterocycles. The summed E-state index contributed by atoms with van der Waals surface area (Å²) in [5.41, 5.74) is 0.862. The molecule has 0 saturated heterocycles. The summed E-state index contributed by atoms with van der Waals surface area (Å²) in [6, 6.07) is 9.28. The molecule has 1 N–H and O–H groups in total. The van der Waals surface area contributed by atoms with Crippen LogP contribution in [0.1, 0.15) is 32.3 Å². The third-order valence-electron chi connectivity index (χ3n) is 2.22. The first-order valence-corrected chi connectivity index (χ1v) is 5.06. The predicted octanol–water partition coefficient (Wildman–Crippen LogP) is 2.56. The maximum atomic E-state index is 11.7. The summed E-state index contributed by atoms with van der Waals surface area (Å²) in [5, 5.41) is 8.52. The molecule has 0 amide bonds. The number of esters is 1. The van der Waals surface area contributed by atoms with Gasteiger partial charge in [-0.25, -0.2) is 5.26 Å². The number of carbonyl (C=O) groups excluding carboxylic acids is 1. The molecule has 0 heterocycles. The summed E-state index contributed by atoms with van der Waals surface area (Å²) in [5.74, 6) is -2.15. The lowest BCUT2D eigenvalue weighted by molar-refractivity contribution is -0.379. The van der Waals surface area contributed by atoms with Crippen LogP contribution in [0.25, 0.3) is 0 Å². The van der Waals surface area contributed by atoms with Crippen LogP contribution in [0.4, 0.5) is 0 Å². The molecule has 1 aromatic carbocycles. The summed E-state index contributed by atoms with van der Waals surface area (Å²) >= 11 is 0. The summed E-state index contributed by atoms with van der Waals surface area (Å²) in [6.45, 7) is 4.66. The van der Waals surface area contributed by atoms with E-state index in [0.29, 0.717) is 0 Å². The van der Waals surface area contributed by atoms with E-state index in [1.54, 1.807) is 6.92 Å². The van der Waals surface area contributed by atoms with E-state index in [-0.39, 0.29) is 0 Å². The van der Waals surface area contributed by atoms with Gasteiger partial charge in [0.1, 0.15) is 0 Å². The van der Waals surface area contributed by atoms with Gasteiger partial charge in [0.05, 0.1) is 5.92 Å². The molecular weight excluding hydrogens is 208 g/mol. The Morgan fingerprint density at radius 1 is 1.31 bits per heavy atom. The predicted molar refractivity (Wildman–Crippen MR) is 58.7 cm³/mol. The highest BCUT2D eigenvalue weighted by Crippen LogP contribution is 2.20. The van der Waals surface area contributed by atoms with Crippen molar-refractivity contribution in [2.24, 2.45) is 0 Å². The van der Waals surface area contributed by atoms with Crippen molar-refractivity contribution in [3.8, 4) is 0 Å². The van der Waals surface area contributed by atoms with Gasteiger partial charge in [-0.3, -0.25) is 4.79 Å². The van der Waals surface area contributed by atoms with Gasteiger partial charge in [0.25, 0.3) is 0 Å². The zero-order chi connectivity index (χ0) is 12.2. The molecular formula is C12H16O4. The summed E-state index contributed by atoms with van der Waals surface area (Å²) in [6.07, 6.45) is 0. The van der Waals surface area contributed by atoms with Gasteiger partial charge in [-0.2, -0.15) is 4.89 Å². The Balaban J connectivity index is 2.69. The molecule has 0 aliphatic rings. The molecule has 0 aliphatic carbocycles. The van der Waals surface area contributed by atoms with Crippen molar-refractivity contribution in [3.63, 3.8) is 0 Å². The molecule has 0 spiro atoms. The fourth-order valence-electron chi connectivity index (χ4n) is 1.23. The zero-order valence-corrected chi connectivity index (χ0v) is 9.64. The van der Waals surface area contributed by atoms with Gasteiger partial charge in [0, 0.05) is 13.8 Å². The Hall–Kier alpha value is -1.39. The molecule has 1 atom stereocenters. The average Bonchev–Trinajstić information content (AvgIpc) is 2.28. The number of benzene rings is 1. The molecule has 1 rings (SSSR count). The smallest absolute Gasteiger partial charge is 0.315 e. The molecule has 1 aromatic rings. The number of carbonyl (C=O) groups is 1. The molecule has 0 aliphatic heterocycles. The van der Waals surface area contributed by atoms with Gasteiger partial charge >= 0.3 is 5.97 Å². The SMILES string of the molecule is CC(C(=O)OC(C)(C)OO)c1ccccc1. The second-order valence-corrected chi connectivity index (χ2v) is 4.04. The number of hydrogen-bond acceptors (Lipinski definition) is 4. The van der Waals surface area contributed by atoms with E-state index >= 15 is 0 Å². The van der Waals surface area contributed by atoms with E-state index in [1.165, 1.54) is 13.8 Å². The quantitative estimate of drug-likeness (QED) is 0.369. The van der Waals surface area contributed by atoms with E-state index in [9.17, 15) is 4.79 Å². The van der Waals surface area contributed by atoms with Crippen molar-refractivity contribution < 1.29 is 19.7 Å². The first-order valence-electron chi connectivity index (χ1n) is 5.06. The highest BCUT2D eigenvalue weighted by Gasteiger charge is 2.27. The van der Waals surface area contributed by atoms with Crippen LogP contribution in [0.5, 0.6) is 0 Å². The average molecular weight is 224 g/mol. The van der Waals surface area contributed by atoms with E-state index in [4.69, 9.17) is 9.99 Å². The first-order chi connectivity index (χ1) is 7.46. The first kappa shape index (κ1) is 12.7. The molecule has 0 radical (unpaired) electrons. The number of hydrogen-bond donors (Lipinski definition) is 1. The van der Waals surface area contributed by atoms with Gasteiger partial charge in [-0.1, -0.05) is 30.3 Å². The molecule has 1 unspecified atom stereocenters. The van der Waals surface area contributed by atoms with Crippen LogP contribution in [0.2, 0.25) is 0 Å². The van der Waals surface area contributed by atoms with Crippen molar-refractivity contribution in [3.05, 3.63) is 35.9 Å². The normalized spacial score (nSPS) is 13.2. The molecule has 88 valence electrons. The van der Waals surface area contributed by atoms with Crippen LogP contribution in [-0.2, 0) is 14.4 Å². The van der Waals surface area contributed by atoms with Crippen molar-refractivity contribution >= 4 is 5.97 Å². The van der Waals surface area contributed by atoms with Crippen molar-refractivity contribution in [2.45, 2.75) is 32.5 Å². The van der Waals surface area contributed by atoms with Crippen molar-refractivity contribution in [1.82, 2.24) is 0 Å². The van der Waals surface area contributed by atoms with Gasteiger partial charge in [-0.05, 0) is 12.5 Å². The van der Waals surface area contributed by atoms with E-state index in [1.807, 2.05) is 30.3 Å². The molecule has 0 saturated carbocycles. The van der Waals surface area contributed by atoms with Gasteiger partial charge in [0.15, 0.2) is 0 Å². The summed E-state index contributed by atoms with van der Waals surface area (Å²) < 4.78 is 4.99. The highest BCUT2D eigenvalue weighted by atomic mass is 17.1. The van der Waals surface area contributed by atoms with Gasteiger partial charge in [-0.15, -0.1) is 0 Å². The monoisotopic (exact) mass is 224 g/mol. The fourth-order valence-corrected chi connectivity index (χ4v) is 1.23. The highest BCUT2D eigenvalue weighted by molar-refractivity contribution is 5.77. The van der Waals surface area contributed by atoms with Crippen LogP contribution in [0, 0.1) is 0 Å². The summed E-state index contributed by atoms with van der Waals surface area (Å²) in [7, 11) is 0. The minimum Gasteiger partial charge on any atom is -0.430 e. The van der Waals surface area contributed by atoms with Crippen LogP contribution in [0.3, 0.4) is 0 Å². The third kappa shape index (κ3) is 3.32. The molecule has 4 heteroatoms. The Bertz CT molecular complexity index is 345. The Labute approximate surface area is 94.7 Å². The topological polar surface area (TPSA) is 55.8 Å². The maximum absolute atomic E-state index is 11.7. The van der Waals surface area contributed by atoms with Crippen molar-refractivity contribution in [1.29, 1.82) is 0 Å². The minimum atomic E-state index is -1.32. The standard InChI is InChI=1S/C12H16O4/c1-9(10-7-5-4-6-8-10)11(13)15-12(2,3)16-14/h4-9,14H,1-3H3. The lowest BCUT2D eigenvalue weighted by Crippen LogP contribution is -2.32. The number of ether oxygens (including phenoxy) is 1. The fraction of sp³-hybridized carbons (Fsp3) is 0.417. The molecule has 0 bridgehead atoms. The van der Waals surface area contributed by atoms with Gasteiger partial charge in [0.2, 0.25) is 5.79 Å². The second-order valence-electron chi connectivity index (χ2n) is 4.04. The van der Waals surface area contributed by atoms with E-state index in [0.717, 1.165) is 5.56 Å². The van der Waals surface area contributed by atoms with Gasteiger partial charge < -0.3 is 4.74 Å². The van der Waals surface area contributed by atoms with Crippen LogP contribution < -0.4 is 0 Å². The Kier molecular flexibility index (Phi) is 4.04. The minimum absolute atomic E-state index is 0.393. The molecule has 4 nitrogen and oxygen atoms in total. The second kappa shape index (κ2) is 5.09. The van der Waals surface area contributed by atoms with Crippen molar-refractivity contribution in [2.75, 3.05) is 0 Å². The Morgan fingerprint density at radius 2 is 1.88 bits per heavy atom. The maximum Gasteiger partial charge on any atom is 0.315 e. The zero-order valence-electron chi connectivity index (χ0n) is 9.64. The Morgan fingerprint density at radius 3 is 2.38 bits per heavy atom. The third-order valence-corrected chi connectivity index (χ3v) is 2.22. The van der Waals surface area contributed by atoms with Crippen LogP contribution >= 0.6 is 0 Å². The van der Waals surface area contributed by atoms with E-state index < -0.39 is 17.7 Å². The summed E-state index contributed by atoms with van der Waals surface area (Å²) in [4.78, 5) is 15.8.